The zero-order valence-corrected chi connectivity index (χ0v) is 16.2. The molecule has 0 bridgehead atoms. The molecular weight excluding hydrogens is 387 g/mol. The van der Waals surface area contributed by atoms with Crippen LogP contribution >= 0.6 is 0 Å². The smallest absolute Gasteiger partial charge is 0.355 e. The van der Waals surface area contributed by atoms with Crippen molar-refractivity contribution in [3.05, 3.63) is 35.4 Å². The minimum absolute atomic E-state index is 0.0122. The molecule has 1 aliphatic carbocycles. The molecule has 1 saturated heterocycles. The first-order valence-electron chi connectivity index (χ1n) is 9.69. The number of hydrogen-bond donors (Lipinski definition) is 1. The van der Waals surface area contributed by atoms with Crippen molar-refractivity contribution in [2.75, 3.05) is 32.7 Å². The molecule has 2 unspecified atom stereocenters. The van der Waals surface area contributed by atoms with E-state index in [1.54, 1.807) is 4.90 Å². The predicted octanol–water partition coefficient (Wildman–Crippen LogP) is 2.15. The molecule has 1 aromatic carbocycles. The SMILES string of the molecule is CC1CC1C(=O)NCCC(=O)N1CCN(C(=O)c2cccc(C(F)(F)F)c2)CC1. The highest BCUT2D eigenvalue weighted by atomic mass is 19.4. The summed E-state index contributed by atoms with van der Waals surface area (Å²) in [6, 6.07) is 4.35. The lowest BCUT2D eigenvalue weighted by Gasteiger charge is -2.35. The van der Waals surface area contributed by atoms with Gasteiger partial charge in [-0.3, -0.25) is 14.4 Å². The first kappa shape index (κ1) is 21.1. The summed E-state index contributed by atoms with van der Waals surface area (Å²) in [5.74, 6) is -0.125. The van der Waals surface area contributed by atoms with Gasteiger partial charge in [0, 0.05) is 50.6 Å². The van der Waals surface area contributed by atoms with Gasteiger partial charge in [0.05, 0.1) is 5.56 Å². The van der Waals surface area contributed by atoms with Gasteiger partial charge >= 0.3 is 6.18 Å². The van der Waals surface area contributed by atoms with E-state index in [0.717, 1.165) is 18.6 Å². The van der Waals surface area contributed by atoms with Crippen LogP contribution in [0.25, 0.3) is 0 Å². The van der Waals surface area contributed by atoms with Crippen molar-refractivity contribution in [2.24, 2.45) is 11.8 Å². The second kappa shape index (κ2) is 8.42. The minimum Gasteiger partial charge on any atom is -0.355 e. The number of carbonyl (C=O) groups excluding carboxylic acids is 3. The molecule has 1 aliphatic heterocycles. The van der Waals surface area contributed by atoms with Gasteiger partial charge in [0.25, 0.3) is 5.91 Å². The van der Waals surface area contributed by atoms with Crippen LogP contribution in [0.2, 0.25) is 0 Å². The van der Waals surface area contributed by atoms with Crippen molar-refractivity contribution >= 4 is 17.7 Å². The number of nitrogens with one attached hydrogen (secondary N) is 1. The largest absolute Gasteiger partial charge is 0.416 e. The van der Waals surface area contributed by atoms with Crippen molar-refractivity contribution in [1.82, 2.24) is 15.1 Å². The molecule has 0 aromatic heterocycles. The molecule has 1 heterocycles. The van der Waals surface area contributed by atoms with Gasteiger partial charge in [-0.25, -0.2) is 0 Å². The lowest BCUT2D eigenvalue weighted by atomic mass is 10.1. The highest BCUT2D eigenvalue weighted by Gasteiger charge is 2.39. The molecule has 2 aliphatic rings. The summed E-state index contributed by atoms with van der Waals surface area (Å²) in [5, 5.41) is 2.77. The third-order valence-corrected chi connectivity index (χ3v) is 5.44. The van der Waals surface area contributed by atoms with Crippen molar-refractivity contribution in [2.45, 2.75) is 25.9 Å². The fourth-order valence-electron chi connectivity index (χ4n) is 3.44. The Morgan fingerprint density at radius 1 is 1.10 bits per heavy atom. The van der Waals surface area contributed by atoms with Crippen LogP contribution in [0.5, 0.6) is 0 Å². The van der Waals surface area contributed by atoms with Crippen molar-refractivity contribution in [3.63, 3.8) is 0 Å². The molecule has 2 atom stereocenters. The Hall–Kier alpha value is -2.58. The Morgan fingerprint density at radius 3 is 2.31 bits per heavy atom. The first-order valence-corrected chi connectivity index (χ1v) is 9.69. The van der Waals surface area contributed by atoms with Gasteiger partial charge in [-0.1, -0.05) is 13.0 Å². The van der Waals surface area contributed by atoms with Crippen LogP contribution in [0.1, 0.15) is 35.7 Å². The molecule has 158 valence electrons. The number of carbonyl (C=O) groups is 3. The van der Waals surface area contributed by atoms with Gasteiger partial charge in [0.15, 0.2) is 0 Å². The molecular formula is C20H24F3N3O3. The van der Waals surface area contributed by atoms with Crippen LogP contribution < -0.4 is 5.32 Å². The Labute approximate surface area is 167 Å². The fourth-order valence-corrected chi connectivity index (χ4v) is 3.44. The third-order valence-electron chi connectivity index (χ3n) is 5.44. The summed E-state index contributed by atoms with van der Waals surface area (Å²) in [6.45, 7) is 3.44. The van der Waals surface area contributed by atoms with Gasteiger partial charge in [-0.2, -0.15) is 13.2 Å². The first-order chi connectivity index (χ1) is 13.7. The molecule has 2 fully saturated rings. The van der Waals surface area contributed by atoms with Gasteiger partial charge in [0.2, 0.25) is 11.8 Å². The molecule has 0 spiro atoms. The average molecular weight is 411 g/mol. The van der Waals surface area contributed by atoms with Crippen LogP contribution in [0.3, 0.4) is 0 Å². The second-order valence-electron chi connectivity index (χ2n) is 7.61. The number of halogens is 3. The van der Waals surface area contributed by atoms with Crippen molar-refractivity contribution in [3.8, 4) is 0 Å². The summed E-state index contributed by atoms with van der Waals surface area (Å²) in [5.41, 5.74) is -0.878. The number of alkyl halides is 3. The van der Waals surface area contributed by atoms with Crippen LogP contribution in [-0.4, -0.2) is 60.2 Å². The van der Waals surface area contributed by atoms with Crippen LogP contribution in [0, 0.1) is 11.8 Å². The maximum absolute atomic E-state index is 12.8. The number of hydrogen-bond acceptors (Lipinski definition) is 3. The molecule has 1 saturated carbocycles. The van der Waals surface area contributed by atoms with E-state index in [1.807, 2.05) is 6.92 Å². The van der Waals surface area contributed by atoms with E-state index < -0.39 is 17.6 Å². The number of piperazine rings is 1. The molecule has 3 rings (SSSR count). The summed E-state index contributed by atoms with van der Waals surface area (Å²) < 4.78 is 38.5. The van der Waals surface area contributed by atoms with Crippen LogP contribution in [0.4, 0.5) is 13.2 Å². The monoisotopic (exact) mass is 411 g/mol. The standard InChI is InChI=1S/C20H24F3N3O3/c1-13-11-16(13)18(28)24-6-5-17(27)25-7-9-26(10-8-25)19(29)14-3-2-4-15(12-14)20(21,22)23/h2-4,12-13,16H,5-11H2,1H3,(H,24,28). The fraction of sp³-hybridized carbons (Fsp3) is 0.550. The summed E-state index contributed by atoms with van der Waals surface area (Å²) in [6.07, 6.45) is -3.43. The number of rotatable bonds is 5. The third kappa shape index (κ3) is 5.27. The van der Waals surface area contributed by atoms with E-state index in [-0.39, 0.29) is 49.4 Å². The summed E-state index contributed by atoms with van der Waals surface area (Å²) in [7, 11) is 0. The van der Waals surface area contributed by atoms with Crippen molar-refractivity contribution in [1.29, 1.82) is 0 Å². The molecule has 29 heavy (non-hydrogen) atoms. The molecule has 6 nitrogen and oxygen atoms in total. The molecule has 9 heteroatoms. The topological polar surface area (TPSA) is 69.7 Å². The number of benzene rings is 1. The molecule has 0 radical (unpaired) electrons. The van der Waals surface area contributed by atoms with Crippen LogP contribution in [0.15, 0.2) is 24.3 Å². The number of amides is 3. The zero-order chi connectivity index (χ0) is 21.2. The summed E-state index contributed by atoms with van der Waals surface area (Å²) in [4.78, 5) is 39.6. The highest BCUT2D eigenvalue weighted by molar-refractivity contribution is 5.94. The van der Waals surface area contributed by atoms with E-state index in [9.17, 15) is 27.6 Å². The average Bonchev–Trinajstić information content (AvgIpc) is 3.43. The summed E-state index contributed by atoms with van der Waals surface area (Å²) >= 11 is 0. The van der Waals surface area contributed by atoms with Gasteiger partial charge in [-0.15, -0.1) is 0 Å². The number of nitrogens with zero attached hydrogens (tertiary/aromatic N) is 2. The Morgan fingerprint density at radius 2 is 1.72 bits per heavy atom. The van der Waals surface area contributed by atoms with Crippen LogP contribution in [-0.2, 0) is 15.8 Å². The van der Waals surface area contributed by atoms with E-state index in [4.69, 9.17) is 0 Å². The van der Waals surface area contributed by atoms with Crippen molar-refractivity contribution < 1.29 is 27.6 Å². The van der Waals surface area contributed by atoms with E-state index in [2.05, 4.69) is 5.32 Å². The molecule has 1 N–H and O–H groups in total. The zero-order valence-electron chi connectivity index (χ0n) is 16.2. The normalized spacial score (nSPS) is 21.7. The van der Waals surface area contributed by atoms with Gasteiger partial charge < -0.3 is 15.1 Å². The molecule has 1 aromatic rings. The molecule has 3 amide bonds. The predicted molar refractivity (Wildman–Crippen MR) is 98.8 cm³/mol. The Bertz CT molecular complexity index is 789. The minimum atomic E-state index is -4.51. The van der Waals surface area contributed by atoms with E-state index in [1.165, 1.54) is 17.0 Å². The highest BCUT2D eigenvalue weighted by Crippen LogP contribution is 2.37. The van der Waals surface area contributed by atoms with E-state index >= 15 is 0 Å². The Balaban J connectivity index is 1.45. The van der Waals surface area contributed by atoms with Gasteiger partial charge in [-0.05, 0) is 30.5 Å². The van der Waals surface area contributed by atoms with Gasteiger partial charge in [0.1, 0.15) is 0 Å². The maximum Gasteiger partial charge on any atom is 0.416 e. The quantitative estimate of drug-likeness (QED) is 0.807. The maximum atomic E-state index is 12.8. The second-order valence-corrected chi connectivity index (χ2v) is 7.61. The van der Waals surface area contributed by atoms with E-state index in [0.29, 0.717) is 19.0 Å². The Kier molecular flexibility index (Phi) is 6.14. The lowest BCUT2D eigenvalue weighted by molar-refractivity contribution is -0.137. The lowest BCUT2D eigenvalue weighted by Crippen LogP contribution is -2.51.